The molecule has 0 spiro atoms. The van der Waals surface area contributed by atoms with Gasteiger partial charge in [-0.05, 0) is 50.3 Å². The van der Waals surface area contributed by atoms with Crippen LogP contribution in [-0.2, 0) is 9.59 Å². The first kappa shape index (κ1) is 24.0. The van der Waals surface area contributed by atoms with Crippen LogP contribution in [0.5, 0.6) is 11.5 Å². The normalized spacial score (nSPS) is 19.0. The number of benzene rings is 2. The van der Waals surface area contributed by atoms with Crippen molar-refractivity contribution in [3.8, 4) is 11.5 Å². The predicted molar refractivity (Wildman–Crippen MR) is 137 cm³/mol. The molecule has 3 aliphatic rings. The zero-order chi connectivity index (χ0) is 25.2. The lowest BCUT2D eigenvalue weighted by molar-refractivity contribution is -0.123. The number of ether oxygens (including phenoxy) is 2. The summed E-state index contributed by atoms with van der Waals surface area (Å²) in [6.07, 6.45) is 4.74. The molecule has 0 aromatic heterocycles. The summed E-state index contributed by atoms with van der Waals surface area (Å²) >= 11 is 0. The highest BCUT2D eigenvalue weighted by atomic mass is 16.5. The summed E-state index contributed by atoms with van der Waals surface area (Å²) in [5.41, 5.74) is 2.56. The van der Waals surface area contributed by atoms with E-state index in [1.54, 1.807) is 38.5 Å². The van der Waals surface area contributed by atoms with E-state index >= 15 is 0 Å². The number of anilines is 3. The van der Waals surface area contributed by atoms with Crippen LogP contribution >= 0.6 is 0 Å². The van der Waals surface area contributed by atoms with E-state index in [1.165, 1.54) is 4.90 Å². The number of likely N-dealkylation sites (tertiary alicyclic amines) is 1. The van der Waals surface area contributed by atoms with E-state index in [1.807, 2.05) is 17.0 Å². The minimum atomic E-state index is -0.342. The average molecular weight is 493 g/mol. The van der Waals surface area contributed by atoms with Gasteiger partial charge in [0.15, 0.2) is 0 Å². The lowest BCUT2D eigenvalue weighted by Crippen LogP contribution is -2.56. The fourth-order valence-electron chi connectivity index (χ4n) is 5.38. The molecule has 2 saturated heterocycles. The average Bonchev–Trinajstić information content (AvgIpc) is 3.45. The van der Waals surface area contributed by atoms with Gasteiger partial charge in [-0.15, -0.1) is 0 Å². The topological polar surface area (TPSA) is 91.4 Å². The van der Waals surface area contributed by atoms with E-state index < -0.39 is 0 Å². The first-order chi connectivity index (χ1) is 17.5. The minimum absolute atomic E-state index is 0.0311. The number of nitrogens with one attached hydrogen (secondary N) is 1. The molecular formula is C27H32N4O5. The fraction of sp³-hybridized carbons (Fsp3) is 0.444. The molecule has 2 aromatic rings. The molecule has 3 amide bonds. The zero-order valence-electron chi connectivity index (χ0n) is 20.8. The van der Waals surface area contributed by atoms with Crippen molar-refractivity contribution in [2.24, 2.45) is 0 Å². The van der Waals surface area contributed by atoms with E-state index in [2.05, 4.69) is 10.2 Å². The van der Waals surface area contributed by atoms with E-state index in [0.29, 0.717) is 28.4 Å². The SMILES string of the molecule is COc1cc(NC(=O)CN2C(=O)[C@@H]3CCCCN3c3ccc(C(=O)N4CCCC4)cc32)cc(OC)c1. The lowest BCUT2D eigenvalue weighted by atomic mass is 9.95. The third-order valence-electron chi connectivity index (χ3n) is 7.21. The number of rotatable bonds is 6. The van der Waals surface area contributed by atoms with Gasteiger partial charge >= 0.3 is 0 Å². The lowest BCUT2D eigenvalue weighted by Gasteiger charge is -2.45. The molecule has 0 radical (unpaired) electrons. The van der Waals surface area contributed by atoms with Crippen molar-refractivity contribution in [1.82, 2.24) is 4.90 Å². The highest BCUT2D eigenvalue weighted by molar-refractivity contribution is 6.11. The van der Waals surface area contributed by atoms with Crippen molar-refractivity contribution in [2.75, 3.05) is 55.5 Å². The number of piperidine rings is 1. The van der Waals surface area contributed by atoms with Gasteiger partial charge in [0.1, 0.15) is 24.1 Å². The van der Waals surface area contributed by atoms with Gasteiger partial charge < -0.3 is 24.6 Å². The molecule has 3 heterocycles. The summed E-state index contributed by atoms with van der Waals surface area (Å²) in [6, 6.07) is 10.4. The molecule has 9 nitrogen and oxygen atoms in total. The molecule has 0 unspecified atom stereocenters. The first-order valence-electron chi connectivity index (χ1n) is 12.5. The highest BCUT2D eigenvalue weighted by Gasteiger charge is 2.40. The molecule has 3 aliphatic heterocycles. The van der Waals surface area contributed by atoms with Gasteiger partial charge in [0, 0.05) is 49.1 Å². The molecule has 9 heteroatoms. The molecule has 2 aromatic carbocycles. The minimum Gasteiger partial charge on any atom is -0.497 e. The molecule has 2 fully saturated rings. The molecular weight excluding hydrogens is 460 g/mol. The Kier molecular flexibility index (Phi) is 6.71. The van der Waals surface area contributed by atoms with Crippen LogP contribution in [0.4, 0.5) is 17.1 Å². The molecule has 0 aliphatic carbocycles. The second-order valence-electron chi connectivity index (χ2n) is 9.48. The third-order valence-corrected chi connectivity index (χ3v) is 7.21. The molecule has 0 bridgehead atoms. The van der Waals surface area contributed by atoms with Crippen LogP contribution in [0.1, 0.15) is 42.5 Å². The second kappa shape index (κ2) is 10.1. The van der Waals surface area contributed by atoms with Gasteiger partial charge in [-0.1, -0.05) is 0 Å². The third kappa shape index (κ3) is 4.57. The monoisotopic (exact) mass is 492 g/mol. The Hall–Kier alpha value is -3.75. The number of amides is 3. The first-order valence-corrected chi connectivity index (χ1v) is 12.5. The summed E-state index contributed by atoms with van der Waals surface area (Å²) in [5, 5.41) is 2.86. The Morgan fingerprint density at radius 3 is 2.31 bits per heavy atom. The summed E-state index contributed by atoms with van der Waals surface area (Å²) in [5.74, 6) is 0.617. The van der Waals surface area contributed by atoms with Gasteiger partial charge in [-0.3, -0.25) is 19.3 Å². The molecule has 36 heavy (non-hydrogen) atoms. The Labute approximate surface area is 210 Å². The van der Waals surface area contributed by atoms with Crippen molar-refractivity contribution in [3.63, 3.8) is 0 Å². The van der Waals surface area contributed by atoms with Crippen LogP contribution in [0, 0.1) is 0 Å². The number of nitrogens with zero attached hydrogens (tertiary/aromatic N) is 3. The quantitative estimate of drug-likeness (QED) is 0.666. The van der Waals surface area contributed by atoms with Crippen LogP contribution in [0.2, 0.25) is 0 Å². The molecule has 0 saturated carbocycles. The van der Waals surface area contributed by atoms with Crippen molar-refractivity contribution < 1.29 is 23.9 Å². The van der Waals surface area contributed by atoms with Gasteiger partial charge in [-0.25, -0.2) is 0 Å². The predicted octanol–water partition coefficient (Wildman–Crippen LogP) is 3.28. The number of methoxy groups -OCH3 is 2. The maximum atomic E-state index is 13.6. The van der Waals surface area contributed by atoms with E-state index in [0.717, 1.165) is 57.4 Å². The van der Waals surface area contributed by atoms with Crippen LogP contribution in [0.25, 0.3) is 0 Å². The molecule has 1 N–H and O–H groups in total. The van der Waals surface area contributed by atoms with Gasteiger partial charge in [0.05, 0.1) is 25.6 Å². The summed E-state index contributed by atoms with van der Waals surface area (Å²) in [7, 11) is 3.08. The second-order valence-corrected chi connectivity index (χ2v) is 9.48. The molecule has 1 atom stereocenters. The van der Waals surface area contributed by atoms with E-state index in [-0.39, 0.29) is 30.3 Å². The number of carbonyl (C=O) groups is 3. The largest absolute Gasteiger partial charge is 0.497 e. The van der Waals surface area contributed by atoms with E-state index in [4.69, 9.17) is 9.47 Å². The van der Waals surface area contributed by atoms with Gasteiger partial charge in [0.25, 0.3) is 5.91 Å². The van der Waals surface area contributed by atoms with Crippen molar-refractivity contribution in [3.05, 3.63) is 42.0 Å². The van der Waals surface area contributed by atoms with Crippen LogP contribution in [-0.4, -0.2) is 69.1 Å². The molecule has 190 valence electrons. The van der Waals surface area contributed by atoms with Crippen LogP contribution in [0.15, 0.2) is 36.4 Å². The van der Waals surface area contributed by atoms with E-state index in [9.17, 15) is 14.4 Å². The van der Waals surface area contributed by atoms with Crippen LogP contribution < -0.4 is 24.6 Å². The number of hydrogen-bond donors (Lipinski definition) is 1. The zero-order valence-corrected chi connectivity index (χ0v) is 20.8. The maximum absolute atomic E-state index is 13.6. The highest BCUT2D eigenvalue weighted by Crippen LogP contribution is 2.40. The van der Waals surface area contributed by atoms with Crippen molar-refractivity contribution in [1.29, 1.82) is 0 Å². The number of hydrogen-bond acceptors (Lipinski definition) is 6. The Morgan fingerprint density at radius 1 is 0.917 bits per heavy atom. The number of carbonyl (C=O) groups excluding carboxylic acids is 3. The van der Waals surface area contributed by atoms with Crippen molar-refractivity contribution in [2.45, 2.75) is 38.1 Å². The Bertz CT molecular complexity index is 1150. The Balaban J connectivity index is 1.44. The fourth-order valence-corrected chi connectivity index (χ4v) is 5.38. The molecule has 5 rings (SSSR count). The summed E-state index contributed by atoms with van der Waals surface area (Å²) in [6.45, 7) is 2.13. The summed E-state index contributed by atoms with van der Waals surface area (Å²) < 4.78 is 10.6. The smallest absolute Gasteiger partial charge is 0.253 e. The standard InChI is InChI=1S/C27H32N4O5/c1-35-20-14-19(15-21(16-20)36-2)28-25(32)17-31-24-13-18(26(33)29-10-5-6-11-29)8-9-22(24)30-12-4-3-7-23(30)27(31)34/h8-9,13-16,23H,3-7,10-12,17H2,1-2H3,(H,28,32)/t23-/m0/s1. The van der Waals surface area contributed by atoms with Gasteiger partial charge in [-0.2, -0.15) is 0 Å². The summed E-state index contributed by atoms with van der Waals surface area (Å²) in [4.78, 5) is 45.4. The van der Waals surface area contributed by atoms with Gasteiger partial charge in [0.2, 0.25) is 11.8 Å². The van der Waals surface area contributed by atoms with Crippen LogP contribution in [0.3, 0.4) is 0 Å². The maximum Gasteiger partial charge on any atom is 0.253 e. The number of fused-ring (bicyclic) bond motifs is 3. The Morgan fingerprint density at radius 2 is 1.61 bits per heavy atom. The van der Waals surface area contributed by atoms with Crippen molar-refractivity contribution >= 4 is 34.8 Å².